The molecule has 0 spiro atoms. The number of nitrogens with one attached hydrogen (secondary N) is 2. The molecule has 2 N–H and O–H groups in total. The molecule has 0 saturated carbocycles. The molecule has 4 rings (SSSR count). The van der Waals surface area contributed by atoms with Gasteiger partial charge in [-0.15, -0.1) is 0 Å². The first-order valence-electron chi connectivity index (χ1n) is 10.5. The van der Waals surface area contributed by atoms with Crippen LogP contribution in [0.25, 0.3) is 11.0 Å². The summed E-state index contributed by atoms with van der Waals surface area (Å²) in [7, 11) is 0. The second kappa shape index (κ2) is 10.5. The van der Waals surface area contributed by atoms with Crippen LogP contribution in [0.5, 0.6) is 0 Å². The van der Waals surface area contributed by atoms with E-state index in [0.717, 1.165) is 10.9 Å². The molecule has 6 nitrogen and oxygen atoms in total. The van der Waals surface area contributed by atoms with Crippen molar-refractivity contribution in [2.24, 2.45) is 0 Å². The van der Waals surface area contributed by atoms with E-state index in [1.54, 1.807) is 35.5 Å². The van der Waals surface area contributed by atoms with Crippen molar-refractivity contribution in [1.82, 2.24) is 20.2 Å². The lowest BCUT2D eigenvalue weighted by Crippen LogP contribution is -2.39. The first-order chi connectivity index (χ1) is 16.0. The average Bonchev–Trinajstić information content (AvgIpc) is 3.30. The lowest BCUT2D eigenvalue weighted by molar-refractivity contribution is 0.0752. The topological polar surface area (TPSA) is 78.1 Å². The van der Waals surface area contributed by atoms with E-state index in [4.69, 9.17) is 23.2 Å². The molecule has 4 aromatic rings. The SMILES string of the molecule is O=C(NCCN(CCc1ccccc1)C(=O)c1ccnc2[nH]ccc12)c1ccc(Cl)cc1Cl. The van der Waals surface area contributed by atoms with Gasteiger partial charge in [-0.3, -0.25) is 9.59 Å². The van der Waals surface area contributed by atoms with Crippen molar-refractivity contribution in [3.8, 4) is 0 Å². The van der Waals surface area contributed by atoms with Crippen molar-refractivity contribution in [1.29, 1.82) is 0 Å². The molecule has 2 amide bonds. The van der Waals surface area contributed by atoms with Crippen LogP contribution in [0.3, 0.4) is 0 Å². The lowest BCUT2D eigenvalue weighted by Gasteiger charge is -2.23. The number of amides is 2. The van der Waals surface area contributed by atoms with Crippen LogP contribution in [0, 0.1) is 0 Å². The summed E-state index contributed by atoms with van der Waals surface area (Å²) in [6.45, 7) is 1.13. The number of carbonyl (C=O) groups is 2. The fraction of sp³-hybridized carbons (Fsp3) is 0.160. The maximum Gasteiger partial charge on any atom is 0.254 e. The molecular formula is C25H22Cl2N4O2. The van der Waals surface area contributed by atoms with Crippen LogP contribution in [0.2, 0.25) is 10.0 Å². The third-order valence-electron chi connectivity index (χ3n) is 5.33. The van der Waals surface area contributed by atoms with Gasteiger partial charge in [0, 0.05) is 42.4 Å². The first kappa shape index (κ1) is 22.8. The molecule has 0 atom stereocenters. The van der Waals surface area contributed by atoms with Crippen LogP contribution in [-0.4, -0.2) is 46.3 Å². The Morgan fingerprint density at radius 2 is 1.79 bits per heavy atom. The summed E-state index contributed by atoms with van der Waals surface area (Å²) < 4.78 is 0. The highest BCUT2D eigenvalue weighted by molar-refractivity contribution is 6.36. The molecule has 2 aromatic carbocycles. The fourth-order valence-electron chi connectivity index (χ4n) is 3.61. The Hall–Kier alpha value is -3.35. The summed E-state index contributed by atoms with van der Waals surface area (Å²) in [5.74, 6) is -0.430. The predicted octanol–water partition coefficient (Wildman–Crippen LogP) is 4.98. The van der Waals surface area contributed by atoms with Gasteiger partial charge in [-0.25, -0.2) is 4.98 Å². The minimum atomic E-state index is -0.316. The molecule has 0 bridgehead atoms. The Bertz CT molecular complexity index is 1270. The number of aromatic amines is 1. The van der Waals surface area contributed by atoms with E-state index < -0.39 is 0 Å². The van der Waals surface area contributed by atoms with Gasteiger partial charge < -0.3 is 15.2 Å². The van der Waals surface area contributed by atoms with Gasteiger partial charge in [-0.2, -0.15) is 0 Å². The number of hydrogen-bond donors (Lipinski definition) is 2. The number of rotatable bonds is 8. The molecule has 2 aromatic heterocycles. The maximum absolute atomic E-state index is 13.5. The second-order valence-electron chi connectivity index (χ2n) is 7.51. The normalized spacial score (nSPS) is 10.8. The number of fused-ring (bicyclic) bond motifs is 1. The van der Waals surface area contributed by atoms with Crippen molar-refractivity contribution in [2.45, 2.75) is 6.42 Å². The molecule has 33 heavy (non-hydrogen) atoms. The van der Waals surface area contributed by atoms with Crippen LogP contribution in [-0.2, 0) is 6.42 Å². The van der Waals surface area contributed by atoms with Gasteiger partial charge in [0.05, 0.1) is 16.1 Å². The van der Waals surface area contributed by atoms with Gasteiger partial charge in [0.25, 0.3) is 11.8 Å². The highest BCUT2D eigenvalue weighted by atomic mass is 35.5. The largest absolute Gasteiger partial charge is 0.350 e. The van der Waals surface area contributed by atoms with E-state index in [9.17, 15) is 9.59 Å². The van der Waals surface area contributed by atoms with E-state index in [-0.39, 0.29) is 23.4 Å². The van der Waals surface area contributed by atoms with Gasteiger partial charge in [-0.1, -0.05) is 53.5 Å². The average molecular weight is 481 g/mol. The Labute approximate surface area is 201 Å². The molecule has 0 radical (unpaired) electrons. The van der Waals surface area contributed by atoms with Crippen LogP contribution in [0.4, 0.5) is 0 Å². The predicted molar refractivity (Wildman–Crippen MR) is 131 cm³/mol. The van der Waals surface area contributed by atoms with E-state index in [1.165, 1.54) is 6.07 Å². The smallest absolute Gasteiger partial charge is 0.254 e. The summed E-state index contributed by atoms with van der Waals surface area (Å²) >= 11 is 12.1. The highest BCUT2D eigenvalue weighted by Crippen LogP contribution is 2.21. The van der Waals surface area contributed by atoms with Crippen LogP contribution in [0.15, 0.2) is 73.1 Å². The molecule has 8 heteroatoms. The molecule has 168 valence electrons. The summed E-state index contributed by atoms with van der Waals surface area (Å²) in [6, 6.07) is 18.3. The molecule has 0 aliphatic rings. The van der Waals surface area contributed by atoms with Crippen LogP contribution < -0.4 is 5.32 Å². The quantitative estimate of drug-likeness (QED) is 0.373. The molecule has 0 saturated heterocycles. The Morgan fingerprint density at radius 1 is 0.970 bits per heavy atom. The zero-order valence-corrected chi connectivity index (χ0v) is 19.2. The van der Waals surface area contributed by atoms with Gasteiger partial charge in [0.2, 0.25) is 0 Å². The lowest BCUT2D eigenvalue weighted by atomic mass is 10.1. The molecule has 0 fully saturated rings. The number of benzene rings is 2. The Kier molecular flexibility index (Phi) is 7.27. The number of carbonyl (C=O) groups excluding carboxylic acids is 2. The summed E-state index contributed by atoms with van der Waals surface area (Å²) in [4.78, 5) is 35.1. The van der Waals surface area contributed by atoms with E-state index in [2.05, 4.69) is 15.3 Å². The summed E-state index contributed by atoms with van der Waals surface area (Å²) in [5.41, 5.74) is 2.70. The number of nitrogens with zero attached hydrogens (tertiary/aromatic N) is 2. The van der Waals surface area contributed by atoms with Gasteiger partial charge in [0.1, 0.15) is 5.65 Å². The van der Waals surface area contributed by atoms with Crippen LogP contribution in [0.1, 0.15) is 26.3 Å². The van der Waals surface area contributed by atoms with Crippen LogP contribution >= 0.6 is 23.2 Å². The molecular weight excluding hydrogens is 459 g/mol. The Morgan fingerprint density at radius 3 is 2.58 bits per heavy atom. The van der Waals surface area contributed by atoms with E-state index in [1.807, 2.05) is 36.4 Å². The Balaban J connectivity index is 1.48. The monoisotopic (exact) mass is 480 g/mol. The highest BCUT2D eigenvalue weighted by Gasteiger charge is 2.19. The summed E-state index contributed by atoms with van der Waals surface area (Å²) in [5, 5.41) is 4.36. The van der Waals surface area contributed by atoms with Crippen molar-refractivity contribution in [3.63, 3.8) is 0 Å². The van der Waals surface area contributed by atoms with Crippen molar-refractivity contribution >= 4 is 46.0 Å². The van der Waals surface area contributed by atoms with Gasteiger partial charge in [0.15, 0.2) is 0 Å². The van der Waals surface area contributed by atoms with E-state index in [0.29, 0.717) is 41.3 Å². The number of pyridine rings is 1. The standard InChI is InChI=1S/C25H22Cl2N4O2/c26-18-6-7-21(22(27)16-18)24(32)30-13-15-31(14-10-17-4-2-1-3-5-17)25(33)20-9-12-29-23-19(20)8-11-28-23/h1-9,11-12,16H,10,13-15H2,(H,28,29)(H,30,32). The molecule has 0 aliphatic heterocycles. The second-order valence-corrected chi connectivity index (χ2v) is 8.35. The summed E-state index contributed by atoms with van der Waals surface area (Å²) in [6.07, 6.45) is 4.08. The molecule has 2 heterocycles. The third kappa shape index (κ3) is 5.53. The molecule has 0 unspecified atom stereocenters. The van der Waals surface area contributed by atoms with E-state index >= 15 is 0 Å². The van der Waals surface area contributed by atoms with Gasteiger partial charge >= 0.3 is 0 Å². The number of hydrogen-bond acceptors (Lipinski definition) is 3. The third-order valence-corrected chi connectivity index (χ3v) is 5.88. The molecule has 0 aliphatic carbocycles. The number of halogens is 2. The fourth-order valence-corrected chi connectivity index (χ4v) is 4.11. The first-order valence-corrected chi connectivity index (χ1v) is 11.3. The minimum Gasteiger partial charge on any atom is -0.350 e. The van der Waals surface area contributed by atoms with Crippen molar-refractivity contribution < 1.29 is 9.59 Å². The zero-order chi connectivity index (χ0) is 23.2. The minimum absolute atomic E-state index is 0.114. The maximum atomic E-state index is 13.5. The zero-order valence-electron chi connectivity index (χ0n) is 17.7. The number of H-pyrrole nitrogens is 1. The van der Waals surface area contributed by atoms with Crippen molar-refractivity contribution in [3.05, 3.63) is 99.8 Å². The van der Waals surface area contributed by atoms with Gasteiger partial charge in [-0.05, 0) is 42.3 Å². The number of aromatic nitrogens is 2. The van der Waals surface area contributed by atoms with Crippen molar-refractivity contribution in [2.75, 3.05) is 19.6 Å².